The standard InChI is InChI=1S/C32H32F2N8O4/c1-19-16-20(2-3-21(19)31(44)40-11-13-41(14-12-40)32(45)23-6-8-36-18-25(23)43)39-29-30-38-17-24(42(30)10-9-37-29)22-4-5-26(46-15-7-35)28(34)27(22)33/h2-5,9-10,16-17,23,25,36,43H,6,8,11-15,18H2,1H3,(H,37,39). The van der Waals surface area contributed by atoms with Crippen molar-refractivity contribution < 1.29 is 28.2 Å². The predicted molar refractivity (Wildman–Crippen MR) is 163 cm³/mol. The van der Waals surface area contributed by atoms with E-state index in [1.54, 1.807) is 38.6 Å². The minimum atomic E-state index is -1.20. The number of amides is 2. The van der Waals surface area contributed by atoms with E-state index in [2.05, 4.69) is 20.6 Å². The molecule has 4 heterocycles. The number of benzene rings is 2. The van der Waals surface area contributed by atoms with Crippen LogP contribution in [0.5, 0.6) is 5.75 Å². The lowest BCUT2D eigenvalue weighted by atomic mass is 9.93. The molecule has 14 heteroatoms. The SMILES string of the molecule is Cc1cc(Nc2nccn3c(-c4ccc(OCC#N)c(F)c4F)cnc23)ccc1C(=O)N1CCN(C(=O)C2CCNCC2O)CC1. The summed E-state index contributed by atoms with van der Waals surface area (Å²) in [6.45, 7) is 4.16. The van der Waals surface area contributed by atoms with Crippen molar-refractivity contribution in [3.8, 4) is 23.1 Å². The van der Waals surface area contributed by atoms with Gasteiger partial charge < -0.3 is 30.3 Å². The normalized spacial score (nSPS) is 18.3. The zero-order valence-corrected chi connectivity index (χ0v) is 25.0. The van der Waals surface area contributed by atoms with Crippen LogP contribution in [-0.2, 0) is 4.79 Å². The number of aliphatic hydroxyl groups is 1. The summed E-state index contributed by atoms with van der Waals surface area (Å²) in [6, 6.07) is 9.64. The van der Waals surface area contributed by atoms with E-state index < -0.39 is 30.3 Å². The third-order valence-electron chi connectivity index (χ3n) is 8.41. The molecule has 0 saturated carbocycles. The monoisotopic (exact) mass is 630 g/mol. The topological polar surface area (TPSA) is 148 Å². The van der Waals surface area contributed by atoms with E-state index in [-0.39, 0.29) is 28.8 Å². The van der Waals surface area contributed by atoms with Crippen LogP contribution in [0.4, 0.5) is 20.3 Å². The minimum absolute atomic E-state index is 0.0424. The number of β-amino-alcohol motifs (C(OH)–C–C–N with tert-alkyl or cyclic N) is 1. The third-order valence-corrected chi connectivity index (χ3v) is 8.41. The predicted octanol–water partition coefficient (Wildman–Crippen LogP) is 2.88. The van der Waals surface area contributed by atoms with Gasteiger partial charge in [-0.1, -0.05) is 0 Å². The number of carbonyl (C=O) groups excluding carboxylic acids is 2. The first-order valence-electron chi connectivity index (χ1n) is 14.9. The number of ether oxygens (including phenoxy) is 1. The number of piperazine rings is 1. The van der Waals surface area contributed by atoms with Gasteiger partial charge >= 0.3 is 0 Å². The van der Waals surface area contributed by atoms with Crippen LogP contribution >= 0.6 is 0 Å². The van der Waals surface area contributed by atoms with Gasteiger partial charge in [0.25, 0.3) is 5.91 Å². The summed E-state index contributed by atoms with van der Waals surface area (Å²) in [5, 5.41) is 25.2. The molecule has 2 amide bonds. The quantitative estimate of drug-likeness (QED) is 0.280. The third kappa shape index (κ3) is 5.94. The van der Waals surface area contributed by atoms with Crippen molar-refractivity contribution in [2.24, 2.45) is 5.92 Å². The number of anilines is 2. The number of fused-ring (bicyclic) bond motifs is 1. The van der Waals surface area contributed by atoms with E-state index in [0.717, 1.165) is 5.56 Å². The summed E-state index contributed by atoms with van der Waals surface area (Å²) in [5.41, 5.74) is 2.52. The van der Waals surface area contributed by atoms with Gasteiger partial charge in [-0.25, -0.2) is 14.4 Å². The molecule has 0 bridgehead atoms. The van der Waals surface area contributed by atoms with Gasteiger partial charge in [-0.05, 0) is 55.8 Å². The van der Waals surface area contributed by atoms with Gasteiger partial charge in [-0.3, -0.25) is 14.0 Å². The van der Waals surface area contributed by atoms with Gasteiger partial charge in [0.15, 0.2) is 29.6 Å². The molecule has 238 valence electrons. The van der Waals surface area contributed by atoms with Gasteiger partial charge in [0, 0.05) is 61.9 Å². The second kappa shape index (κ2) is 13.1. The van der Waals surface area contributed by atoms with Gasteiger partial charge in [-0.15, -0.1) is 0 Å². The van der Waals surface area contributed by atoms with Gasteiger partial charge in [0.05, 0.1) is 23.9 Å². The number of carbonyl (C=O) groups is 2. The van der Waals surface area contributed by atoms with Crippen LogP contribution in [0, 0.1) is 35.8 Å². The molecule has 46 heavy (non-hydrogen) atoms. The number of aliphatic hydroxyl groups excluding tert-OH is 1. The number of aromatic nitrogens is 3. The maximum atomic E-state index is 15.0. The molecule has 3 N–H and O–H groups in total. The number of hydrogen-bond acceptors (Lipinski definition) is 9. The van der Waals surface area contributed by atoms with Crippen LogP contribution in [-0.4, -0.2) is 93.1 Å². The first kappa shape index (κ1) is 30.9. The highest BCUT2D eigenvalue weighted by Crippen LogP contribution is 2.32. The van der Waals surface area contributed by atoms with Crippen LogP contribution in [0.2, 0.25) is 0 Å². The zero-order valence-electron chi connectivity index (χ0n) is 25.0. The van der Waals surface area contributed by atoms with Gasteiger partial charge in [0.2, 0.25) is 11.7 Å². The van der Waals surface area contributed by atoms with Crippen LogP contribution in [0.1, 0.15) is 22.3 Å². The Balaban J connectivity index is 1.14. The van der Waals surface area contributed by atoms with Crippen molar-refractivity contribution in [1.29, 1.82) is 5.26 Å². The Morgan fingerprint density at radius 3 is 2.65 bits per heavy atom. The van der Waals surface area contributed by atoms with E-state index in [1.807, 2.05) is 13.0 Å². The Kier molecular flexibility index (Phi) is 8.78. The molecule has 0 radical (unpaired) electrons. The molecule has 2 saturated heterocycles. The summed E-state index contributed by atoms with van der Waals surface area (Å²) in [7, 11) is 0. The lowest BCUT2D eigenvalue weighted by Gasteiger charge is -2.38. The molecule has 0 spiro atoms. The molecule has 0 aliphatic carbocycles. The Hall–Kier alpha value is -5.13. The number of piperidine rings is 1. The van der Waals surface area contributed by atoms with Gasteiger partial charge in [-0.2, -0.15) is 9.65 Å². The minimum Gasteiger partial charge on any atom is -0.476 e. The van der Waals surface area contributed by atoms with Crippen LogP contribution in [0.3, 0.4) is 0 Å². The number of rotatable bonds is 7. The fraction of sp³-hybridized carbons (Fsp3) is 0.344. The molecule has 2 fully saturated rings. The maximum absolute atomic E-state index is 15.0. The molecule has 2 unspecified atom stereocenters. The molecule has 2 atom stereocenters. The molecule has 4 aromatic rings. The van der Waals surface area contributed by atoms with E-state index >= 15 is 0 Å². The number of nitrogens with zero attached hydrogens (tertiary/aromatic N) is 6. The Bertz CT molecular complexity index is 1830. The Morgan fingerprint density at radius 2 is 1.91 bits per heavy atom. The average Bonchev–Trinajstić information content (AvgIpc) is 3.50. The highest BCUT2D eigenvalue weighted by atomic mass is 19.2. The second-order valence-corrected chi connectivity index (χ2v) is 11.2. The Morgan fingerprint density at radius 1 is 1.13 bits per heavy atom. The molecular weight excluding hydrogens is 598 g/mol. The smallest absolute Gasteiger partial charge is 0.254 e. The molecule has 2 aliphatic heterocycles. The van der Waals surface area contributed by atoms with E-state index in [0.29, 0.717) is 68.4 Å². The van der Waals surface area contributed by atoms with Gasteiger partial charge in [0.1, 0.15) is 6.07 Å². The summed E-state index contributed by atoms with van der Waals surface area (Å²) in [4.78, 5) is 38.6. The number of hydrogen-bond donors (Lipinski definition) is 3. The largest absolute Gasteiger partial charge is 0.476 e. The molecular formula is C32H32F2N8O4. The van der Waals surface area contributed by atoms with Crippen molar-refractivity contribution in [2.75, 3.05) is 51.2 Å². The average molecular weight is 631 g/mol. The number of nitrogens with one attached hydrogen (secondary N) is 2. The maximum Gasteiger partial charge on any atom is 0.254 e. The molecule has 6 rings (SSSR count). The number of aryl methyl sites for hydroxylation is 1. The van der Waals surface area contributed by atoms with Crippen molar-refractivity contribution in [3.05, 3.63) is 71.7 Å². The lowest BCUT2D eigenvalue weighted by Crippen LogP contribution is -2.55. The number of imidazole rings is 1. The van der Waals surface area contributed by atoms with E-state index in [4.69, 9.17) is 10.00 Å². The molecule has 2 aliphatic rings. The highest BCUT2D eigenvalue weighted by Gasteiger charge is 2.34. The fourth-order valence-corrected chi connectivity index (χ4v) is 5.94. The number of nitriles is 1. The zero-order chi connectivity index (χ0) is 32.4. The molecule has 12 nitrogen and oxygen atoms in total. The van der Waals surface area contributed by atoms with Crippen LogP contribution < -0.4 is 15.4 Å². The van der Waals surface area contributed by atoms with Crippen LogP contribution in [0.25, 0.3) is 16.9 Å². The summed E-state index contributed by atoms with van der Waals surface area (Å²) in [5.74, 6) is -2.93. The fourth-order valence-electron chi connectivity index (χ4n) is 5.94. The van der Waals surface area contributed by atoms with Crippen molar-refractivity contribution in [2.45, 2.75) is 19.4 Å². The summed E-state index contributed by atoms with van der Waals surface area (Å²) < 4.78 is 36.1. The van der Waals surface area contributed by atoms with Crippen molar-refractivity contribution >= 4 is 29.0 Å². The van der Waals surface area contributed by atoms with Crippen molar-refractivity contribution in [3.63, 3.8) is 0 Å². The number of halogens is 2. The van der Waals surface area contributed by atoms with Crippen LogP contribution in [0.15, 0.2) is 48.9 Å². The van der Waals surface area contributed by atoms with Crippen molar-refractivity contribution in [1.82, 2.24) is 29.5 Å². The van der Waals surface area contributed by atoms with E-state index in [1.165, 1.54) is 24.5 Å². The second-order valence-electron chi connectivity index (χ2n) is 11.2. The summed E-state index contributed by atoms with van der Waals surface area (Å²) in [6.07, 6.45) is 4.38. The first-order chi connectivity index (χ1) is 22.3. The highest BCUT2D eigenvalue weighted by molar-refractivity contribution is 5.96. The summed E-state index contributed by atoms with van der Waals surface area (Å²) >= 11 is 0. The van der Waals surface area contributed by atoms with E-state index in [9.17, 15) is 23.5 Å². The first-order valence-corrected chi connectivity index (χ1v) is 14.9. The lowest BCUT2D eigenvalue weighted by molar-refractivity contribution is -0.141. The molecule has 2 aromatic carbocycles. The molecule has 2 aromatic heterocycles. The Labute approximate surface area is 263 Å².